The molecule has 3 aromatic rings. The lowest BCUT2D eigenvalue weighted by Crippen LogP contribution is -2.27. The molecule has 0 N–H and O–H groups in total. The minimum atomic E-state index is 0.393. The molecular formula is C22H17NS2. The zero-order chi connectivity index (χ0) is 16.6. The molecular weight excluding hydrogens is 342 g/mol. The van der Waals surface area contributed by atoms with Gasteiger partial charge in [-0.05, 0) is 23.8 Å². The first-order chi connectivity index (χ1) is 12.4. The lowest BCUT2D eigenvalue weighted by Gasteiger charge is -2.31. The van der Waals surface area contributed by atoms with Crippen LogP contribution < -0.4 is 0 Å². The van der Waals surface area contributed by atoms with E-state index in [4.69, 9.17) is 4.99 Å². The molecule has 2 atom stereocenters. The molecule has 2 aliphatic rings. The number of para-hydroxylation sites is 1. The minimum absolute atomic E-state index is 0.393. The predicted molar refractivity (Wildman–Crippen MR) is 108 cm³/mol. The SMILES string of the molecule is c1ccc([C@@H]2Sc3ccccc3N=C3c4ccccc4SC[C@H]32)cc1. The average molecular weight is 360 g/mol. The largest absolute Gasteiger partial charge is 0.251 e. The van der Waals surface area contributed by atoms with E-state index in [9.17, 15) is 0 Å². The van der Waals surface area contributed by atoms with Gasteiger partial charge in [-0.25, -0.2) is 0 Å². The van der Waals surface area contributed by atoms with Gasteiger partial charge in [-0.15, -0.1) is 23.5 Å². The van der Waals surface area contributed by atoms with Gasteiger partial charge in [0.1, 0.15) is 0 Å². The molecule has 2 aliphatic heterocycles. The van der Waals surface area contributed by atoms with E-state index in [2.05, 4.69) is 78.9 Å². The number of hydrogen-bond acceptors (Lipinski definition) is 3. The Bertz CT molecular complexity index is 949. The summed E-state index contributed by atoms with van der Waals surface area (Å²) >= 11 is 3.93. The number of benzene rings is 3. The lowest BCUT2D eigenvalue weighted by molar-refractivity contribution is 0.755. The van der Waals surface area contributed by atoms with Gasteiger partial charge in [0.15, 0.2) is 0 Å². The van der Waals surface area contributed by atoms with Gasteiger partial charge in [-0.3, -0.25) is 4.99 Å². The van der Waals surface area contributed by atoms with E-state index in [-0.39, 0.29) is 0 Å². The van der Waals surface area contributed by atoms with Crippen LogP contribution in [0.25, 0.3) is 0 Å². The fraction of sp³-hybridized carbons (Fsp3) is 0.136. The van der Waals surface area contributed by atoms with Crippen molar-refractivity contribution in [1.82, 2.24) is 0 Å². The Morgan fingerprint density at radius 1 is 0.760 bits per heavy atom. The van der Waals surface area contributed by atoms with E-state index in [0.29, 0.717) is 11.2 Å². The van der Waals surface area contributed by atoms with Crippen molar-refractivity contribution in [1.29, 1.82) is 0 Å². The smallest absolute Gasteiger partial charge is 0.0769 e. The number of fused-ring (bicyclic) bond motifs is 4. The first-order valence-electron chi connectivity index (χ1n) is 8.51. The lowest BCUT2D eigenvalue weighted by atomic mass is 9.90. The minimum Gasteiger partial charge on any atom is -0.251 e. The normalized spacial score (nSPS) is 21.4. The average Bonchev–Trinajstić information content (AvgIpc) is 2.85. The second-order valence-corrected chi connectivity index (χ2v) is 8.57. The van der Waals surface area contributed by atoms with Crippen molar-refractivity contribution < 1.29 is 0 Å². The third-order valence-electron chi connectivity index (χ3n) is 4.79. The Morgan fingerprint density at radius 3 is 2.36 bits per heavy atom. The highest BCUT2D eigenvalue weighted by Crippen LogP contribution is 2.51. The van der Waals surface area contributed by atoms with Gasteiger partial charge < -0.3 is 0 Å². The van der Waals surface area contributed by atoms with E-state index in [1.54, 1.807) is 0 Å². The number of aliphatic imine (C=N–C) groups is 1. The molecule has 1 nitrogen and oxygen atoms in total. The van der Waals surface area contributed by atoms with Gasteiger partial charge >= 0.3 is 0 Å². The molecule has 0 bridgehead atoms. The molecule has 0 aliphatic carbocycles. The van der Waals surface area contributed by atoms with Crippen LogP contribution in [0.1, 0.15) is 16.4 Å². The maximum Gasteiger partial charge on any atom is 0.0769 e. The number of thioether (sulfide) groups is 2. The monoisotopic (exact) mass is 359 g/mol. The molecule has 0 fully saturated rings. The zero-order valence-corrected chi connectivity index (χ0v) is 15.3. The number of nitrogens with zero attached hydrogens (tertiary/aromatic N) is 1. The molecule has 0 amide bonds. The molecule has 0 radical (unpaired) electrons. The topological polar surface area (TPSA) is 12.4 Å². The summed E-state index contributed by atoms with van der Waals surface area (Å²) in [6.07, 6.45) is 0. The summed E-state index contributed by atoms with van der Waals surface area (Å²) in [6, 6.07) is 28.2. The summed E-state index contributed by atoms with van der Waals surface area (Å²) in [5.41, 5.74) is 5.05. The Labute approximate surface area is 156 Å². The highest BCUT2D eigenvalue weighted by atomic mass is 32.2. The second-order valence-electron chi connectivity index (χ2n) is 6.33. The number of hydrogen-bond donors (Lipinski definition) is 0. The van der Waals surface area contributed by atoms with Crippen molar-refractivity contribution in [2.24, 2.45) is 10.9 Å². The van der Waals surface area contributed by atoms with Gasteiger partial charge in [0.05, 0.1) is 11.4 Å². The summed E-state index contributed by atoms with van der Waals surface area (Å²) in [6.45, 7) is 0. The second kappa shape index (κ2) is 6.40. The van der Waals surface area contributed by atoms with Crippen molar-refractivity contribution >= 4 is 34.9 Å². The quantitative estimate of drug-likeness (QED) is 0.500. The van der Waals surface area contributed by atoms with Crippen LogP contribution in [-0.2, 0) is 0 Å². The van der Waals surface area contributed by atoms with Gasteiger partial charge in [0.2, 0.25) is 0 Å². The summed E-state index contributed by atoms with van der Waals surface area (Å²) in [7, 11) is 0. The van der Waals surface area contributed by atoms with E-state index < -0.39 is 0 Å². The van der Waals surface area contributed by atoms with E-state index in [0.717, 1.165) is 11.4 Å². The van der Waals surface area contributed by atoms with Crippen LogP contribution in [0.4, 0.5) is 5.69 Å². The third kappa shape index (κ3) is 2.72. The molecule has 0 aromatic heterocycles. The Balaban J connectivity index is 1.72. The maximum atomic E-state index is 5.16. The predicted octanol–water partition coefficient (Wildman–Crippen LogP) is 6.38. The van der Waals surface area contributed by atoms with Crippen molar-refractivity contribution in [3.8, 4) is 0 Å². The van der Waals surface area contributed by atoms with Crippen LogP contribution in [0.15, 0.2) is 93.6 Å². The Kier molecular flexibility index (Phi) is 3.91. The Morgan fingerprint density at radius 2 is 1.48 bits per heavy atom. The molecule has 0 unspecified atom stereocenters. The summed E-state index contributed by atoms with van der Waals surface area (Å²) < 4.78 is 0. The van der Waals surface area contributed by atoms with E-state index in [1.165, 1.54) is 26.6 Å². The Hall–Kier alpha value is -1.97. The fourth-order valence-electron chi connectivity index (χ4n) is 3.58. The highest BCUT2D eigenvalue weighted by molar-refractivity contribution is 8.00. The summed E-state index contributed by atoms with van der Waals surface area (Å²) in [5, 5.41) is 0.393. The van der Waals surface area contributed by atoms with Gasteiger partial charge in [-0.1, -0.05) is 60.7 Å². The molecule has 3 aromatic carbocycles. The third-order valence-corrected chi connectivity index (χ3v) is 7.43. The zero-order valence-electron chi connectivity index (χ0n) is 13.6. The van der Waals surface area contributed by atoms with E-state index in [1.807, 2.05) is 23.5 Å². The van der Waals surface area contributed by atoms with Crippen LogP contribution in [0, 0.1) is 5.92 Å². The van der Waals surface area contributed by atoms with Crippen molar-refractivity contribution in [3.63, 3.8) is 0 Å². The van der Waals surface area contributed by atoms with Crippen molar-refractivity contribution in [2.75, 3.05) is 5.75 Å². The van der Waals surface area contributed by atoms with Crippen molar-refractivity contribution in [2.45, 2.75) is 15.0 Å². The standard InChI is InChI=1S/C22H17NS2/c1-2-8-15(9-3-1)22-17-14-24-19-12-6-4-10-16(19)21(17)23-18-11-5-7-13-20(18)25-22/h1-13,17,22H,14H2/t17-,22+/m1/s1. The molecule has 3 heteroatoms. The summed E-state index contributed by atoms with van der Waals surface area (Å²) in [4.78, 5) is 7.79. The van der Waals surface area contributed by atoms with Gasteiger partial charge in [0.25, 0.3) is 0 Å². The molecule has 0 saturated carbocycles. The van der Waals surface area contributed by atoms with Crippen LogP contribution in [-0.4, -0.2) is 11.5 Å². The highest BCUT2D eigenvalue weighted by Gasteiger charge is 2.36. The molecule has 122 valence electrons. The summed E-state index contributed by atoms with van der Waals surface area (Å²) in [5.74, 6) is 1.50. The van der Waals surface area contributed by atoms with E-state index >= 15 is 0 Å². The fourth-order valence-corrected chi connectivity index (χ4v) is 6.26. The molecule has 0 saturated heterocycles. The first-order valence-corrected chi connectivity index (χ1v) is 10.4. The van der Waals surface area contributed by atoms with Crippen LogP contribution >= 0.6 is 23.5 Å². The first kappa shape index (κ1) is 15.3. The maximum absolute atomic E-state index is 5.16. The molecule has 25 heavy (non-hydrogen) atoms. The van der Waals surface area contributed by atoms with Gasteiger partial charge in [0, 0.05) is 32.3 Å². The van der Waals surface area contributed by atoms with Gasteiger partial charge in [-0.2, -0.15) is 0 Å². The molecule has 0 spiro atoms. The number of rotatable bonds is 1. The van der Waals surface area contributed by atoms with Crippen LogP contribution in [0.5, 0.6) is 0 Å². The molecule has 5 rings (SSSR count). The van der Waals surface area contributed by atoms with Crippen LogP contribution in [0.3, 0.4) is 0 Å². The van der Waals surface area contributed by atoms with Crippen molar-refractivity contribution in [3.05, 3.63) is 90.0 Å². The van der Waals surface area contributed by atoms with Crippen LogP contribution in [0.2, 0.25) is 0 Å². The molecule has 2 heterocycles.